The molecular weight excluding hydrogens is 290 g/mol. The minimum atomic E-state index is -3.65. The zero-order chi connectivity index (χ0) is 15.0. The van der Waals surface area contributed by atoms with Crippen molar-refractivity contribution in [3.8, 4) is 0 Å². The van der Waals surface area contributed by atoms with E-state index in [4.69, 9.17) is 0 Å². The average Bonchev–Trinajstić information content (AvgIpc) is 2.91. The molecule has 0 radical (unpaired) electrons. The van der Waals surface area contributed by atoms with Gasteiger partial charge in [0.2, 0.25) is 0 Å². The maximum Gasteiger partial charge on any atom is 0.265 e. The van der Waals surface area contributed by atoms with Crippen molar-refractivity contribution in [2.24, 2.45) is 0 Å². The number of sulfonamides is 1. The smallest absolute Gasteiger partial charge is 0.265 e. The molecule has 0 unspecified atom stereocenters. The predicted molar refractivity (Wildman–Crippen MR) is 76.8 cm³/mol. The van der Waals surface area contributed by atoms with Crippen LogP contribution in [0, 0.1) is 6.92 Å². The normalized spacial score (nSPS) is 14.0. The first-order chi connectivity index (χ1) is 10.0. The number of fused-ring (bicyclic) bond motifs is 1. The van der Waals surface area contributed by atoms with Crippen molar-refractivity contribution in [1.82, 2.24) is 9.97 Å². The van der Waals surface area contributed by atoms with E-state index in [2.05, 4.69) is 9.97 Å². The van der Waals surface area contributed by atoms with E-state index in [9.17, 15) is 13.2 Å². The van der Waals surface area contributed by atoms with Crippen LogP contribution in [0.3, 0.4) is 0 Å². The van der Waals surface area contributed by atoms with E-state index < -0.39 is 10.0 Å². The summed E-state index contributed by atoms with van der Waals surface area (Å²) in [5.41, 5.74) is 1.74. The van der Waals surface area contributed by atoms with Gasteiger partial charge >= 0.3 is 0 Å². The first-order valence-electron chi connectivity index (χ1n) is 6.43. The Balaban J connectivity index is 2.03. The average molecular weight is 303 g/mol. The van der Waals surface area contributed by atoms with Crippen molar-refractivity contribution in [3.05, 3.63) is 47.4 Å². The summed E-state index contributed by atoms with van der Waals surface area (Å²) >= 11 is 0. The van der Waals surface area contributed by atoms with Crippen LogP contribution in [-0.2, 0) is 16.4 Å². The highest BCUT2D eigenvalue weighted by Crippen LogP contribution is 2.29. The molecule has 6 nitrogen and oxygen atoms in total. The summed E-state index contributed by atoms with van der Waals surface area (Å²) < 4.78 is 26.5. The maximum atomic E-state index is 12.7. The Bertz CT molecular complexity index is 801. The van der Waals surface area contributed by atoms with Gasteiger partial charge in [-0.2, -0.15) is 0 Å². The summed E-state index contributed by atoms with van der Waals surface area (Å²) in [7, 11) is -3.65. The van der Waals surface area contributed by atoms with Gasteiger partial charge in [0, 0.05) is 13.0 Å². The second-order valence-corrected chi connectivity index (χ2v) is 6.69. The molecule has 1 aliphatic heterocycles. The minimum Gasteiger partial charge on any atom is -0.296 e. The van der Waals surface area contributed by atoms with Crippen molar-refractivity contribution in [1.29, 1.82) is 0 Å². The van der Waals surface area contributed by atoms with E-state index in [-0.39, 0.29) is 17.1 Å². The number of carbonyl (C=O) groups excluding carboxylic acids is 1. The van der Waals surface area contributed by atoms with Gasteiger partial charge in [-0.25, -0.2) is 22.7 Å². The van der Waals surface area contributed by atoms with Crippen LogP contribution in [0.5, 0.6) is 0 Å². The minimum absolute atomic E-state index is 0.211. The van der Waals surface area contributed by atoms with Crippen LogP contribution in [0.4, 0.5) is 5.82 Å². The second-order valence-electron chi connectivity index (χ2n) is 4.82. The highest BCUT2D eigenvalue weighted by molar-refractivity contribution is 7.92. The summed E-state index contributed by atoms with van der Waals surface area (Å²) in [5, 5.41) is 0. The molecular formula is C14H13N3O3S. The molecule has 0 saturated heterocycles. The molecule has 7 heteroatoms. The Labute approximate surface area is 122 Å². The van der Waals surface area contributed by atoms with Gasteiger partial charge in [-0.05, 0) is 19.1 Å². The van der Waals surface area contributed by atoms with Crippen LogP contribution in [0.2, 0.25) is 0 Å². The standard InChI is InChI=1S/C14H13N3O3S/c1-10-2-4-12(5-3-10)21(19,20)17-7-6-13-14(17)15-8-11(9-18)16-13/h2-5,8-9H,6-7H2,1H3. The molecule has 0 atom stereocenters. The van der Waals surface area contributed by atoms with Crippen molar-refractivity contribution < 1.29 is 13.2 Å². The Hall–Kier alpha value is -2.28. The fourth-order valence-electron chi connectivity index (χ4n) is 2.25. The molecule has 0 fully saturated rings. The Morgan fingerprint density at radius 1 is 1.24 bits per heavy atom. The molecule has 1 aromatic carbocycles. The fourth-order valence-corrected chi connectivity index (χ4v) is 3.70. The molecule has 2 aromatic rings. The molecule has 1 aromatic heterocycles. The van der Waals surface area contributed by atoms with E-state index in [1.807, 2.05) is 6.92 Å². The number of aromatic nitrogens is 2. The number of nitrogens with zero attached hydrogens (tertiary/aromatic N) is 3. The van der Waals surface area contributed by atoms with Crippen LogP contribution >= 0.6 is 0 Å². The number of hydrogen-bond donors (Lipinski definition) is 0. The molecule has 3 rings (SSSR count). The second kappa shape index (κ2) is 4.92. The van der Waals surface area contributed by atoms with E-state index in [0.29, 0.717) is 24.2 Å². The van der Waals surface area contributed by atoms with Crippen LogP contribution in [0.1, 0.15) is 21.7 Å². The van der Waals surface area contributed by atoms with Gasteiger partial charge in [-0.15, -0.1) is 0 Å². The van der Waals surface area contributed by atoms with Gasteiger partial charge in [0.1, 0.15) is 5.69 Å². The summed E-state index contributed by atoms with van der Waals surface area (Å²) in [6.45, 7) is 2.18. The lowest BCUT2D eigenvalue weighted by molar-refractivity contribution is 0.111. The highest BCUT2D eigenvalue weighted by atomic mass is 32.2. The van der Waals surface area contributed by atoms with Crippen molar-refractivity contribution >= 4 is 22.1 Å². The van der Waals surface area contributed by atoms with Crippen LogP contribution in [0.25, 0.3) is 0 Å². The zero-order valence-corrected chi connectivity index (χ0v) is 12.2. The number of anilines is 1. The Morgan fingerprint density at radius 2 is 1.95 bits per heavy atom. The Kier molecular flexibility index (Phi) is 3.21. The number of benzene rings is 1. The quantitative estimate of drug-likeness (QED) is 0.800. The van der Waals surface area contributed by atoms with E-state index in [0.717, 1.165) is 5.56 Å². The third-order valence-electron chi connectivity index (χ3n) is 3.36. The van der Waals surface area contributed by atoms with Gasteiger partial charge < -0.3 is 0 Å². The molecule has 108 valence electrons. The van der Waals surface area contributed by atoms with E-state index >= 15 is 0 Å². The first-order valence-corrected chi connectivity index (χ1v) is 7.87. The van der Waals surface area contributed by atoms with Gasteiger partial charge in [0.25, 0.3) is 10.0 Å². The molecule has 21 heavy (non-hydrogen) atoms. The number of aryl methyl sites for hydroxylation is 1. The fraction of sp³-hybridized carbons (Fsp3) is 0.214. The van der Waals surface area contributed by atoms with E-state index in [1.165, 1.54) is 10.5 Å². The van der Waals surface area contributed by atoms with Gasteiger partial charge in [-0.1, -0.05) is 17.7 Å². The number of hydrogen-bond acceptors (Lipinski definition) is 5. The van der Waals surface area contributed by atoms with Crippen molar-refractivity contribution in [2.45, 2.75) is 18.2 Å². The summed E-state index contributed by atoms with van der Waals surface area (Å²) in [4.78, 5) is 19.1. The van der Waals surface area contributed by atoms with Gasteiger partial charge in [-0.3, -0.25) is 4.79 Å². The molecule has 2 heterocycles. The third kappa shape index (κ3) is 2.29. The number of carbonyl (C=O) groups is 1. The topological polar surface area (TPSA) is 80.2 Å². The lowest BCUT2D eigenvalue weighted by atomic mass is 10.2. The van der Waals surface area contributed by atoms with Crippen LogP contribution in [-0.4, -0.2) is 31.2 Å². The van der Waals surface area contributed by atoms with Crippen molar-refractivity contribution in [2.75, 3.05) is 10.8 Å². The highest BCUT2D eigenvalue weighted by Gasteiger charge is 2.33. The largest absolute Gasteiger partial charge is 0.296 e. The third-order valence-corrected chi connectivity index (χ3v) is 5.16. The lowest BCUT2D eigenvalue weighted by Gasteiger charge is -2.18. The maximum absolute atomic E-state index is 12.7. The van der Waals surface area contributed by atoms with Crippen molar-refractivity contribution in [3.63, 3.8) is 0 Å². The number of aldehydes is 1. The molecule has 0 saturated carbocycles. The van der Waals surface area contributed by atoms with Gasteiger partial charge in [0.05, 0.1) is 16.8 Å². The van der Waals surface area contributed by atoms with Gasteiger partial charge in [0.15, 0.2) is 12.1 Å². The lowest BCUT2D eigenvalue weighted by Crippen LogP contribution is -2.29. The Morgan fingerprint density at radius 3 is 2.62 bits per heavy atom. The summed E-state index contributed by atoms with van der Waals surface area (Å²) in [6, 6.07) is 6.67. The van der Waals surface area contributed by atoms with Crippen LogP contribution < -0.4 is 4.31 Å². The summed E-state index contributed by atoms with van der Waals surface area (Å²) in [5.74, 6) is 0.307. The molecule has 1 aliphatic rings. The predicted octanol–water partition coefficient (Wildman–Crippen LogP) is 1.35. The molecule has 0 spiro atoms. The zero-order valence-electron chi connectivity index (χ0n) is 11.4. The molecule has 0 bridgehead atoms. The monoisotopic (exact) mass is 303 g/mol. The first kappa shape index (κ1) is 13.7. The molecule has 0 aliphatic carbocycles. The number of rotatable bonds is 3. The van der Waals surface area contributed by atoms with E-state index in [1.54, 1.807) is 24.3 Å². The molecule has 0 amide bonds. The van der Waals surface area contributed by atoms with Crippen LogP contribution in [0.15, 0.2) is 35.4 Å². The summed E-state index contributed by atoms with van der Waals surface area (Å²) in [6.07, 6.45) is 2.34. The molecule has 0 N–H and O–H groups in total. The SMILES string of the molecule is Cc1ccc(S(=O)(=O)N2CCc3nc(C=O)cnc32)cc1.